The van der Waals surface area contributed by atoms with E-state index in [0.29, 0.717) is 0 Å². The van der Waals surface area contributed by atoms with E-state index < -0.39 is 0 Å². The zero-order chi connectivity index (χ0) is 15.1. The lowest BCUT2D eigenvalue weighted by Crippen LogP contribution is -3.00. The van der Waals surface area contributed by atoms with Gasteiger partial charge in [0.25, 0.3) is 16.7 Å². The molecular formula is C20H18Br2N2. The quantitative estimate of drug-likeness (QED) is 0.225. The van der Waals surface area contributed by atoms with E-state index in [-0.39, 0.29) is 34.0 Å². The van der Waals surface area contributed by atoms with E-state index in [1.807, 2.05) is 0 Å². The minimum absolute atomic E-state index is 0. The summed E-state index contributed by atoms with van der Waals surface area (Å²) in [4.78, 5) is 0. The minimum atomic E-state index is 0. The number of aromatic nitrogens is 2. The summed E-state index contributed by atoms with van der Waals surface area (Å²) >= 11 is 0. The van der Waals surface area contributed by atoms with Crippen molar-refractivity contribution >= 4 is 11.0 Å². The van der Waals surface area contributed by atoms with Crippen molar-refractivity contribution in [3.05, 3.63) is 84.3 Å². The fourth-order valence-corrected chi connectivity index (χ4v) is 3.14. The van der Waals surface area contributed by atoms with Gasteiger partial charge in [-0.05, 0) is 37.6 Å². The fraction of sp³-hybridized carbons (Fsp3) is 0.100. The Hall–Kier alpha value is -1.78. The predicted molar refractivity (Wildman–Crippen MR) is 87.7 cm³/mol. The van der Waals surface area contributed by atoms with Crippen LogP contribution in [0.2, 0.25) is 0 Å². The van der Waals surface area contributed by atoms with Gasteiger partial charge in [-0.15, -0.1) is 4.40 Å². The molecule has 0 N–H and O–H groups in total. The first-order chi connectivity index (χ1) is 10.7. The Morgan fingerprint density at radius 3 is 2.21 bits per heavy atom. The molecule has 3 aromatic heterocycles. The minimum Gasteiger partial charge on any atom is -1.00 e. The number of nitrogens with zero attached hydrogens (tertiary/aromatic N) is 2. The monoisotopic (exact) mass is 444 g/mol. The number of pyridine rings is 2. The van der Waals surface area contributed by atoms with E-state index in [2.05, 4.69) is 95.8 Å². The zero-order valence-corrected chi connectivity index (χ0v) is 16.8. The average molecular weight is 446 g/mol. The molecule has 0 saturated carbocycles. The maximum Gasteiger partial charge on any atom is 0.283 e. The van der Waals surface area contributed by atoms with Gasteiger partial charge in [0.05, 0.1) is 5.56 Å². The summed E-state index contributed by atoms with van der Waals surface area (Å²) in [6, 6.07) is 19.3. The molecule has 0 aliphatic heterocycles. The molecule has 0 aliphatic carbocycles. The Kier molecular flexibility index (Phi) is 5.73. The van der Waals surface area contributed by atoms with E-state index >= 15 is 0 Å². The largest absolute Gasteiger partial charge is 1.00 e. The third kappa shape index (κ3) is 3.08. The van der Waals surface area contributed by atoms with Crippen LogP contribution in [0.25, 0.3) is 22.3 Å². The molecule has 0 bridgehead atoms. The van der Waals surface area contributed by atoms with Crippen LogP contribution in [0.3, 0.4) is 0 Å². The van der Waals surface area contributed by atoms with Crippen molar-refractivity contribution in [3.8, 4) is 11.3 Å². The molecule has 0 aliphatic rings. The summed E-state index contributed by atoms with van der Waals surface area (Å²) < 4.78 is 4.47. The zero-order valence-electron chi connectivity index (χ0n) is 13.6. The van der Waals surface area contributed by atoms with Crippen LogP contribution >= 0.6 is 0 Å². The number of benzene rings is 1. The van der Waals surface area contributed by atoms with Gasteiger partial charge in [0.2, 0.25) is 6.20 Å². The van der Waals surface area contributed by atoms with Gasteiger partial charge in [-0.1, -0.05) is 17.7 Å². The molecule has 0 unspecified atom stereocenters. The maximum absolute atomic E-state index is 2.27. The van der Waals surface area contributed by atoms with Crippen molar-refractivity contribution in [2.75, 3.05) is 0 Å². The van der Waals surface area contributed by atoms with E-state index in [1.165, 1.54) is 33.4 Å². The number of hydrogen-bond acceptors (Lipinski definition) is 0. The summed E-state index contributed by atoms with van der Waals surface area (Å²) in [5, 5.41) is 0. The number of hydrogen-bond donors (Lipinski definition) is 0. The van der Waals surface area contributed by atoms with Gasteiger partial charge in [0, 0.05) is 24.3 Å². The molecule has 1 aromatic carbocycles. The highest BCUT2D eigenvalue weighted by Crippen LogP contribution is 2.21. The van der Waals surface area contributed by atoms with Crippen LogP contribution in [0.4, 0.5) is 0 Å². The second kappa shape index (κ2) is 7.41. The molecule has 0 spiro atoms. The van der Waals surface area contributed by atoms with Crippen molar-refractivity contribution < 1.29 is 42.8 Å². The third-order valence-corrected chi connectivity index (χ3v) is 4.19. The van der Waals surface area contributed by atoms with Gasteiger partial charge in [-0.2, -0.15) is 4.40 Å². The molecule has 122 valence electrons. The van der Waals surface area contributed by atoms with Crippen LogP contribution < -0.4 is 42.8 Å². The van der Waals surface area contributed by atoms with E-state index in [4.69, 9.17) is 0 Å². The van der Waals surface area contributed by atoms with E-state index in [0.717, 1.165) is 0 Å². The van der Waals surface area contributed by atoms with Crippen molar-refractivity contribution in [2.24, 2.45) is 0 Å². The predicted octanol–water partition coefficient (Wildman–Crippen LogP) is -2.54. The number of aryl methyl sites for hydroxylation is 2. The molecular weight excluding hydrogens is 428 g/mol. The molecule has 4 aromatic rings. The van der Waals surface area contributed by atoms with Crippen LogP contribution in [-0.2, 0) is 0 Å². The van der Waals surface area contributed by atoms with Crippen molar-refractivity contribution in [3.63, 3.8) is 0 Å². The van der Waals surface area contributed by atoms with Gasteiger partial charge in [-0.3, -0.25) is 0 Å². The molecule has 2 nitrogen and oxygen atoms in total. The molecule has 0 radical (unpaired) electrons. The van der Waals surface area contributed by atoms with Gasteiger partial charge < -0.3 is 34.0 Å². The molecule has 3 heterocycles. The van der Waals surface area contributed by atoms with Crippen LogP contribution in [0, 0.1) is 13.8 Å². The molecule has 0 saturated heterocycles. The van der Waals surface area contributed by atoms with Crippen LogP contribution in [-0.4, -0.2) is 0 Å². The second-order valence-electron chi connectivity index (χ2n) is 5.78. The standard InChI is InChI=1S/C20H18N2.2BrH/c1-15-9-10-17(16(2)13-15)20-14-21-11-5-3-7-18(21)19-8-4-6-12-22(19)20;;/h3-14H,1-2H3;2*1H/q+2;;/p-2. The fourth-order valence-electron chi connectivity index (χ4n) is 3.14. The summed E-state index contributed by atoms with van der Waals surface area (Å²) in [5.74, 6) is 0. The summed E-state index contributed by atoms with van der Waals surface area (Å²) in [6.45, 7) is 4.31. The van der Waals surface area contributed by atoms with Gasteiger partial charge >= 0.3 is 0 Å². The SMILES string of the molecule is Cc1ccc(-c2c[n+]3ccccc3c3cccc[n+]23)c(C)c1.[Br-].[Br-]. The van der Waals surface area contributed by atoms with Crippen LogP contribution in [0.1, 0.15) is 11.1 Å². The first kappa shape index (κ1) is 18.6. The van der Waals surface area contributed by atoms with Gasteiger partial charge in [0.15, 0.2) is 12.4 Å². The summed E-state index contributed by atoms with van der Waals surface area (Å²) in [7, 11) is 0. The Morgan fingerprint density at radius 1 is 0.750 bits per heavy atom. The maximum atomic E-state index is 2.27. The Morgan fingerprint density at radius 2 is 1.46 bits per heavy atom. The molecule has 0 atom stereocenters. The second-order valence-corrected chi connectivity index (χ2v) is 5.78. The number of fused-ring (bicyclic) bond motifs is 3. The van der Waals surface area contributed by atoms with Gasteiger partial charge in [0.1, 0.15) is 0 Å². The lowest BCUT2D eigenvalue weighted by molar-refractivity contribution is -0.556. The topological polar surface area (TPSA) is 8.20 Å². The lowest BCUT2D eigenvalue weighted by atomic mass is 10.0. The normalized spacial score (nSPS) is 10.2. The molecule has 0 fully saturated rings. The van der Waals surface area contributed by atoms with Crippen LogP contribution in [0.5, 0.6) is 0 Å². The van der Waals surface area contributed by atoms with Crippen molar-refractivity contribution in [2.45, 2.75) is 13.8 Å². The Bertz CT molecular complexity index is 1010. The highest BCUT2D eigenvalue weighted by Gasteiger charge is 2.22. The highest BCUT2D eigenvalue weighted by atomic mass is 79.9. The Labute approximate surface area is 163 Å². The molecule has 24 heavy (non-hydrogen) atoms. The molecule has 4 heteroatoms. The third-order valence-electron chi connectivity index (χ3n) is 4.19. The van der Waals surface area contributed by atoms with Crippen LogP contribution in [0.15, 0.2) is 73.2 Å². The van der Waals surface area contributed by atoms with E-state index in [9.17, 15) is 0 Å². The number of halogens is 2. The highest BCUT2D eigenvalue weighted by molar-refractivity contribution is 5.69. The summed E-state index contributed by atoms with van der Waals surface area (Å²) in [6.07, 6.45) is 6.45. The van der Waals surface area contributed by atoms with E-state index in [1.54, 1.807) is 0 Å². The first-order valence-electron chi connectivity index (χ1n) is 7.55. The Balaban J connectivity index is 0.00000104. The average Bonchev–Trinajstić information content (AvgIpc) is 2.54. The first-order valence-corrected chi connectivity index (χ1v) is 7.55. The lowest BCUT2D eigenvalue weighted by Gasteiger charge is -2.04. The van der Waals surface area contributed by atoms with Gasteiger partial charge in [-0.25, -0.2) is 0 Å². The molecule has 4 rings (SSSR count). The number of rotatable bonds is 1. The smallest absolute Gasteiger partial charge is 0.283 e. The van der Waals surface area contributed by atoms with Crippen molar-refractivity contribution in [1.82, 2.24) is 0 Å². The van der Waals surface area contributed by atoms with Crippen molar-refractivity contribution in [1.29, 1.82) is 0 Å². The molecule has 0 amide bonds. The summed E-state index contributed by atoms with van der Waals surface area (Å²) in [5.41, 5.74) is 7.48.